The fraction of sp³-hybridized carbons (Fsp3) is 0.111. The molecule has 0 atom stereocenters. The van der Waals surface area contributed by atoms with Crippen molar-refractivity contribution in [1.29, 1.82) is 0 Å². The largest absolute Gasteiger partial charge is 0.416 e. The molecule has 10 heteroatoms. The van der Waals surface area contributed by atoms with Crippen LogP contribution in [0, 0.1) is 10.1 Å². The Bertz CT molecular complexity index is 1010. The zero-order chi connectivity index (χ0) is 20.3. The van der Waals surface area contributed by atoms with Gasteiger partial charge in [0.15, 0.2) is 0 Å². The van der Waals surface area contributed by atoms with E-state index in [-0.39, 0.29) is 17.8 Å². The number of nitro benzene ring substituents is 1. The van der Waals surface area contributed by atoms with Crippen LogP contribution >= 0.6 is 0 Å². The van der Waals surface area contributed by atoms with E-state index in [1.165, 1.54) is 53.5 Å². The monoisotopic (exact) mass is 390 g/mol. The molecule has 0 aliphatic heterocycles. The van der Waals surface area contributed by atoms with E-state index in [2.05, 4.69) is 10.4 Å². The van der Waals surface area contributed by atoms with Crippen molar-refractivity contribution in [3.63, 3.8) is 0 Å². The number of aromatic nitrogens is 2. The van der Waals surface area contributed by atoms with Gasteiger partial charge < -0.3 is 5.32 Å². The molecule has 3 rings (SSSR count). The average Bonchev–Trinajstić information content (AvgIpc) is 3.16. The Kier molecular flexibility index (Phi) is 5.12. The van der Waals surface area contributed by atoms with Gasteiger partial charge in [-0.15, -0.1) is 0 Å². The second kappa shape index (κ2) is 7.51. The van der Waals surface area contributed by atoms with Crippen LogP contribution in [-0.4, -0.2) is 20.6 Å². The first-order valence-electron chi connectivity index (χ1n) is 7.98. The molecule has 0 aliphatic carbocycles. The zero-order valence-corrected chi connectivity index (χ0v) is 14.2. The highest BCUT2D eigenvalue weighted by atomic mass is 19.4. The predicted molar refractivity (Wildman–Crippen MR) is 92.8 cm³/mol. The van der Waals surface area contributed by atoms with Crippen molar-refractivity contribution in [3.8, 4) is 5.69 Å². The molecule has 3 aromatic rings. The average molecular weight is 390 g/mol. The van der Waals surface area contributed by atoms with Gasteiger partial charge in [0.05, 0.1) is 27.9 Å². The number of alkyl halides is 3. The SMILES string of the molecule is O=C(NCc1cccc(C(F)(F)F)c1)c1cnn(-c2ccc([N+](=O)[O-])cc2)c1. The second-order valence-corrected chi connectivity index (χ2v) is 5.83. The first-order chi connectivity index (χ1) is 13.2. The number of halogens is 3. The van der Waals surface area contributed by atoms with Crippen molar-refractivity contribution >= 4 is 11.6 Å². The molecule has 7 nitrogen and oxygen atoms in total. The fourth-order valence-electron chi connectivity index (χ4n) is 2.45. The summed E-state index contributed by atoms with van der Waals surface area (Å²) in [5, 5.41) is 17.2. The van der Waals surface area contributed by atoms with Crippen LogP contribution in [0.25, 0.3) is 5.69 Å². The number of rotatable bonds is 5. The molecular weight excluding hydrogens is 377 g/mol. The number of carbonyl (C=O) groups excluding carboxylic acids is 1. The number of hydrogen-bond acceptors (Lipinski definition) is 4. The van der Waals surface area contributed by atoms with Crippen LogP contribution in [0.1, 0.15) is 21.5 Å². The van der Waals surface area contributed by atoms with Gasteiger partial charge in [0.25, 0.3) is 11.6 Å². The van der Waals surface area contributed by atoms with Gasteiger partial charge in [-0.2, -0.15) is 18.3 Å². The van der Waals surface area contributed by atoms with E-state index in [9.17, 15) is 28.1 Å². The zero-order valence-electron chi connectivity index (χ0n) is 14.2. The molecule has 1 amide bonds. The first kappa shape index (κ1) is 19.1. The highest BCUT2D eigenvalue weighted by Gasteiger charge is 2.30. The van der Waals surface area contributed by atoms with Crippen molar-refractivity contribution in [2.45, 2.75) is 12.7 Å². The summed E-state index contributed by atoms with van der Waals surface area (Å²) < 4.78 is 39.6. The van der Waals surface area contributed by atoms with Crippen molar-refractivity contribution < 1.29 is 22.9 Å². The quantitative estimate of drug-likeness (QED) is 0.531. The lowest BCUT2D eigenvalue weighted by Crippen LogP contribution is -2.22. The number of nitrogens with one attached hydrogen (secondary N) is 1. The molecule has 144 valence electrons. The van der Waals surface area contributed by atoms with E-state index in [0.717, 1.165) is 12.1 Å². The summed E-state index contributed by atoms with van der Waals surface area (Å²) >= 11 is 0. The summed E-state index contributed by atoms with van der Waals surface area (Å²) in [6, 6.07) is 10.3. The molecule has 0 bridgehead atoms. The summed E-state index contributed by atoms with van der Waals surface area (Å²) in [7, 11) is 0. The minimum absolute atomic E-state index is 0.0741. The van der Waals surface area contributed by atoms with Gasteiger partial charge in [-0.3, -0.25) is 14.9 Å². The van der Waals surface area contributed by atoms with Gasteiger partial charge in [0, 0.05) is 24.9 Å². The van der Waals surface area contributed by atoms with Crippen molar-refractivity contribution in [1.82, 2.24) is 15.1 Å². The Morgan fingerprint density at radius 3 is 2.54 bits per heavy atom. The highest BCUT2D eigenvalue weighted by Crippen LogP contribution is 2.29. The lowest BCUT2D eigenvalue weighted by atomic mass is 10.1. The van der Waals surface area contributed by atoms with Crippen LogP contribution in [0.4, 0.5) is 18.9 Å². The summed E-state index contributed by atoms with van der Waals surface area (Å²) in [5.41, 5.74) is 0.166. The Morgan fingerprint density at radius 1 is 1.18 bits per heavy atom. The van der Waals surface area contributed by atoms with E-state index < -0.39 is 22.6 Å². The third-order valence-electron chi connectivity index (χ3n) is 3.88. The number of carbonyl (C=O) groups is 1. The van der Waals surface area contributed by atoms with Crippen LogP contribution < -0.4 is 5.32 Å². The molecular formula is C18H13F3N4O3. The van der Waals surface area contributed by atoms with Crippen LogP contribution in [0.15, 0.2) is 60.9 Å². The topological polar surface area (TPSA) is 90.1 Å². The van der Waals surface area contributed by atoms with Gasteiger partial charge in [0.2, 0.25) is 0 Å². The standard InChI is InChI=1S/C18H13F3N4O3/c19-18(20,21)14-3-1-2-12(8-14)9-22-17(26)13-10-23-24(11-13)15-4-6-16(7-5-15)25(27)28/h1-8,10-11H,9H2,(H,22,26). The molecule has 0 radical (unpaired) electrons. The number of nitro groups is 1. The van der Waals surface area contributed by atoms with Gasteiger partial charge in [-0.05, 0) is 29.8 Å². The van der Waals surface area contributed by atoms with Gasteiger partial charge in [-0.25, -0.2) is 4.68 Å². The summed E-state index contributed by atoms with van der Waals surface area (Å²) in [6.45, 7) is -0.0779. The molecule has 28 heavy (non-hydrogen) atoms. The molecule has 1 aromatic heterocycles. The maximum atomic E-state index is 12.7. The van der Waals surface area contributed by atoms with Crippen LogP contribution in [0.2, 0.25) is 0 Å². The molecule has 1 heterocycles. The van der Waals surface area contributed by atoms with Gasteiger partial charge >= 0.3 is 6.18 Å². The lowest BCUT2D eigenvalue weighted by molar-refractivity contribution is -0.384. The van der Waals surface area contributed by atoms with Gasteiger partial charge in [-0.1, -0.05) is 12.1 Å². The number of hydrogen-bond donors (Lipinski definition) is 1. The van der Waals surface area contributed by atoms with E-state index in [0.29, 0.717) is 11.3 Å². The van der Waals surface area contributed by atoms with Crippen LogP contribution in [-0.2, 0) is 12.7 Å². The van der Waals surface area contributed by atoms with E-state index in [1.54, 1.807) is 0 Å². The molecule has 0 saturated carbocycles. The number of amides is 1. The third-order valence-corrected chi connectivity index (χ3v) is 3.88. The summed E-state index contributed by atoms with van der Waals surface area (Å²) in [4.78, 5) is 22.4. The van der Waals surface area contributed by atoms with Gasteiger partial charge in [0.1, 0.15) is 0 Å². The van der Waals surface area contributed by atoms with Crippen molar-refractivity contribution in [3.05, 3.63) is 87.7 Å². The number of non-ortho nitro benzene ring substituents is 1. The summed E-state index contributed by atoms with van der Waals surface area (Å²) in [5.74, 6) is -0.509. The molecule has 1 N–H and O–H groups in total. The summed E-state index contributed by atoms with van der Waals surface area (Å²) in [6.07, 6.45) is -1.74. The highest BCUT2D eigenvalue weighted by molar-refractivity contribution is 5.93. The number of nitrogens with zero attached hydrogens (tertiary/aromatic N) is 3. The Morgan fingerprint density at radius 2 is 1.89 bits per heavy atom. The smallest absolute Gasteiger partial charge is 0.348 e. The molecule has 2 aromatic carbocycles. The van der Waals surface area contributed by atoms with Crippen molar-refractivity contribution in [2.75, 3.05) is 0 Å². The molecule has 0 spiro atoms. The predicted octanol–water partition coefficient (Wildman–Crippen LogP) is 3.73. The van der Waals surface area contributed by atoms with E-state index in [1.807, 2.05) is 0 Å². The first-order valence-corrected chi connectivity index (χ1v) is 7.98. The Labute approximate surface area is 156 Å². The van der Waals surface area contributed by atoms with Crippen LogP contribution in [0.3, 0.4) is 0 Å². The van der Waals surface area contributed by atoms with E-state index >= 15 is 0 Å². The molecule has 0 fully saturated rings. The number of benzene rings is 2. The van der Waals surface area contributed by atoms with Crippen molar-refractivity contribution in [2.24, 2.45) is 0 Å². The minimum Gasteiger partial charge on any atom is -0.348 e. The Hall–Kier alpha value is -3.69. The van der Waals surface area contributed by atoms with E-state index in [4.69, 9.17) is 0 Å². The second-order valence-electron chi connectivity index (χ2n) is 5.83. The maximum absolute atomic E-state index is 12.7. The third kappa shape index (κ3) is 4.34. The molecule has 0 saturated heterocycles. The lowest BCUT2D eigenvalue weighted by Gasteiger charge is -2.09. The minimum atomic E-state index is -4.45. The molecule has 0 unspecified atom stereocenters. The normalized spacial score (nSPS) is 11.2. The maximum Gasteiger partial charge on any atom is 0.416 e. The fourth-order valence-corrected chi connectivity index (χ4v) is 2.45. The Balaban J connectivity index is 1.67. The van der Waals surface area contributed by atoms with Crippen LogP contribution in [0.5, 0.6) is 0 Å². The molecule has 0 aliphatic rings.